The van der Waals surface area contributed by atoms with Crippen LogP contribution in [0.2, 0.25) is 0 Å². The first-order valence-corrected chi connectivity index (χ1v) is 14.2. The van der Waals surface area contributed by atoms with Gasteiger partial charge in [-0.2, -0.15) is 0 Å². The molecule has 10 atom stereocenters. The van der Waals surface area contributed by atoms with Crippen molar-refractivity contribution in [1.29, 1.82) is 0 Å². The van der Waals surface area contributed by atoms with E-state index in [1.165, 1.54) is 25.7 Å². The number of allylic oxidation sites excluding steroid dienone is 2. The molecule has 0 bridgehead atoms. The molecule has 1 saturated heterocycles. The van der Waals surface area contributed by atoms with Gasteiger partial charge in [-0.1, -0.05) is 59.1 Å². The fourth-order valence-electron chi connectivity index (χ4n) is 11.4. The van der Waals surface area contributed by atoms with E-state index in [1.54, 1.807) is 5.57 Å². The number of carbonyl (C=O) groups is 1. The number of carboxylic acid groups (broad SMARTS) is 1. The van der Waals surface area contributed by atoms with Crippen molar-refractivity contribution in [2.24, 2.45) is 50.7 Å². The van der Waals surface area contributed by atoms with Gasteiger partial charge in [0, 0.05) is 5.41 Å². The number of hydrogen-bond donors (Lipinski definition) is 1. The van der Waals surface area contributed by atoms with Crippen LogP contribution in [0.1, 0.15) is 98.8 Å². The highest BCUT2D eigenvalue weighted by Gasteiger charge is 2.70. The summed E-state index contributed by atoms with van der Waals surface area (Å²) in [7, 11) is 0. The Morgan fingerprint density at radius 3 is 2.53 bits per heavy atom. The summed E-state index contributed by atoms with van der Waals surface area (Å²) < 4.78 is 12.1. The molecule has 4 saturated carbocycles. The van der Waals surface area contributed by atoms with E-state index in [9.17, 15) is 9.90 Å². The Kier molecular flexibility index (Phi) is 5.08. The first kappa shape index (κ1) is 23.5. The minimum absolute atomic E-state index is 0.108. The lowest BCUT2D eigenvalue weighted by Gasteiger charge is -2.71. The SMILES string of the molecule is CC1CCCC2(C(=O)O)CC[C@]3(C)C(=CCC4C5(C)CCC6OCOC[C@]6(C)C5CCC43C)C12. The summed E-state index contributed by atoms with van der Waals surface area (Å²) in [4.78, 5) is 12.8. The number of hydrogen-bond acceptors (Lipinski definition) is 3. The normalized spacial score (nSPS) is 56.6. The minimum Gasteiger partial charge on any atom is -0.481 e. The molecular weight excluding hydrogens is 424 g/mol. The Morgan fingerprint density at radius 1 is 0.971 bits per heavy atom. The van der Waals surface area contributed by atoms with E-state index in [2.05, 4.69) is 40.7 Å². The zero-order valence-corrected chi connectivity index (χ0v) is 22.1. The zero-order valence-electron chi connectivity index (χ0n) is 22.1. The van der Waals surface area contributed by atoms with E-state index in [4.69, 9.17) is 9.47 Å². The van der Waals surface area contributed by atoms with E-state index in [1.807, 2.05) is 0 Å². The lowest BCUT2D eigenvalue weighted by Crippen LogP contribution is -2.66. The molecule has 6 aliphatic rings. The summed E-state index contributed by atoms with van der Waals surface area (Å²) in [5.41, 5.74) is 1.74. The predicted molar refractivity (Wildman–Crippen MR) is 132 cm³/mol. The van der Waals surface area contributed by atoms with Crippen LogP contribution in [0.5, 0.6) is 0 Å². The van der Waals surface area contributed by atoms with Crippen molar-refractivity contribution >= 4 is 5.97 Å². The summed E-state index contributed by atoms with van der Waals surface area (Å²) in [5.74, 6) is 1.43. The number of carboxylic acids is 1. The largest absolute Gasteiger partial charge is 0.481 e. The average Bonchev–Trinajstić information content (AvgIpc) is 2.79. The van der Waals surface area contributed by atoms with Gasteiger partial charge in [0.25, 0.3) is 0 Å². The molecule has 34 heavy (non-hydrogen) atoms. The predicted octanol–water partition coefficient (Wildman–Crippen LogP) is 6.84. The lowest BCUT2D eigenvalue weighted by atomic mass is 9.33. The van der Waals surface area contributed by atoms with E-state index in [0.717, 1.165) is 45.1 Å². The van der Waals surface area contributed by atoms with Gasteiger partial charge in [-0.15, -0.1) is 0 Å². The third-order valence-corrected chi connectivity index (χ3v) is 13.3. The number of ether oxygens (including phenoxy) is 2. The van der Waals surface area contributed by atoms with Crippen molar-refractivity contribution in [3.8, 4) is 0 Å². The number of fused-ring (bicyclic) bond motifs is 9. The standard InChI is InChI=1S/C30H46O4/c1-19-7-6-12-30(25(31)32)16-15-28(4)20(24(19)30)8-9-22-26(2)13-11-23-27(3,17-33-18-34-23)21(26)10-14-29(22,28)5/h8,19,21-24H,6-7,9-18H2,1-5H3,(H,31,32)/t19?,21?,22?,23?,24?,26?,27-,28-,29?,30?/m1/s1. The van der Waals surface area contributed by atoms with Crippen molar-refractivity contribution in [3.63, 3.8) is 0 Å². The molecule has 0 spiro atoms. The van der Waals surface area contributed by atoms with Crippen molar-refractivity contribution in [3.05, 3.63) is 11.6 Å². The zero-order chi connectivity index (χ0) is 24.1. The van der Waals surface area contributed by atoms with Crippen LogP contribution in [-0.4, -0.2) is 30.6 Å². The molecular formula is C30H46O4. The van der Waals surface area contributed by atoms with Gasteiger partial charge in [0.05, 0.1) is 18.1 Å². The van der Waals surface area contributed by atoms with Crippen LogP contribution >= 0.6 is 0 Å². The lowest BCUT2D eigenvalue weighted by molar-refractivity contribution is -0.279. The van der Waals surface area contributed by atoms with E-state index in [-0.39, 0.29) is 27.6 Å². The molecule has 6 rings (SSSR count). The van der Waals surface area contributed by atoms with Gasteiger partial charge >= 0.3 is 5.97 Å². The van der Waals surface area contributed by atoms with Gasteiger partial charge in [-0.05, 0) is 91.3 Å². The first-order chi connectivity index (χ1) is 16.0. The molecule has 5 aliphatic carbocycles. The fraction of sp³-hybridized carbons (Fsp3) is 0.900. The Morgan fingerprint density at radius 2 is 1.76 bits per heavy atom. The molecule has 1 aliphatic heterocycles. The summed E-state index contributed by atoms with van der Waals surface area (Å²) in [6, 6.07) is 0. The molecule has 5 fully saturated rings. The van der Waals surface area contributed by atoms with Crippen LogP contribution in [0, 0.1) is 50.7 Å². The van der Waals surface area contributed by atoms with Gasteiger partial charge in [-0.3, -0.25) is 4.79 Å². The molecule has 4 heteroatoms. The molecule has 8 unspecified atom stereocenters. The Balaban J connectivity index is 1.43. The van der Waals surface area contributed by atoms with Crippen LogP contribution in [0.25, 0.3) is 0 Å². The summed E-state index contributed by atoms with van der Waals surface area (Å²) in [6.07, 6.45) is 13.9. The van der Waals surface area contributed by atoms with Crippen LogP contribution in [-0.2, 0) is 14.3 Å². The third kappa shape index (κ3) is 2.66. The maximum Gasteiger partial charge on any atom is 0.310 e. The molecule has 0 aromatic heterocycles. The summed E-state index contributed by atoms with van der Waals surface area (Å²) in [6.45, 7) is 13.8. The summed E-state index contributed by atoms with van der Waals surface area (Å²) >= 11 is 0. The molecule has 0 amide bonds. The highest BCUT2D eigenvalue weighted by Crippen LogP contribution is 2.75. The van der Waals surface area contributed by atoms with Gasteiger partial charge in [0.15, 0.2) is 0 Å². The van der Waals surface area contributed by atoms with Crippen LogP contribution in [0.15, 0.2) is 11.6 Å². The highest BCUT2D eigenvalue weighted by molar-refractivity contribution is 5.76. The maximum atomic E-state index is 12.8. The molecule has 0 radical (unpaired) electrons. The monoisotopic (exact) mass is 470 g/mol. The quantitative estimate of drug-likeness (QED) is 0.427. The Bertz CT molecular complexity index is 911. The van der Waals surface area contributed by atoms with Gasteiger partial charge in [0.2, 0.25) is 0 Å². The fourth-order valence-corrected chi connectivity index (χ4v) is 11.4. The van der Waals surface area contributed by atoms with Crippen LogP contribution < -0.4 is 0 Å². The second-order valence-corrected chi connectivity index (χ2v) is 14.3. The smallest absolute Gasteiger partial charge is 0.310 e. The topological polar surface area (TPSA) is 55.8 Å². The van der Waals surface area contributed by atoms with Crippen molar-refractivity contribution in [1.82, 2.24) is 0 Å². The van der Waals surface area contributed by atoms with Crippen LogP contribution in [0.3, 0.4) is 0 Å². The summed E-state index contributed by atoms with van der Waals surface area (Å²) in [5, 5.41) is 10.5. The third-order valence-electron chi connectivity index (χ3n) is 13.3. The van der Waals surface area contributed by atoms with E-state index >= 15 is 0 Å². The molecule has 0 aromatic carbocycles. The minimum atomic E-state index is -0.532. The van der Waals surface area contributed by atoms with Crippen molar-refractivity contribution in [2.75, 3.05) is 13.4 Å². The number of rotatable bonds is 1. The highest BCUT2D eigenvalue weighted by atomic mass is 16.7. The van der Waals surface area contributed by atoms with E-state index in [0.29, 0.717) is 30.7 Å². The second-order valence-electron chi connectivity index (χ2n) is 14.3. The van der Waals surface area contributed by atoms with Gasteiger partial charge in [0.1, 0.15) is 6.79 Å². The molecule has 190 valence electrons. The Labute approximate surface area is 206 Å². The molecule has 1 heterocycles. The Hall–Kier alpha value is -0.870. The first-order valence-electron chi connectivity index (χ1n) is 14.2. The molecule has 4 nitrogen and oxygen atoms in total. The average molecular weight is 471 g/mol. The molecule has 1 N–H and O–H groups in total. The van der Waals surface area contributed by atoms with E-state index < -0.39 is 11.4 Å². The van der Waals surface area contributed by atoms with Gasteiger partial charge in [-0.25, -0.2) is 0 Å². The number of aliphatic carboxylic acids is 1. The van der Waals surface area contributed by atoms with Gasteiger partial charge < -0.3 is 14.6 Å². The van der Waals surface area contributed by atoms with Crippen molar-refractivity contribution < 1.29 is 19.4 Å². The molecule has 0 aromatic rings. The van der Waals surface area contributed by atoms with Crippen LogP contribution in [0.4, 0.5) is 0 Å². The maximum absolute atomic E-state index is 12.8. The van der Waals surface area contributed by atoms with Crippen molar-refractivity contribution in [2.45, 2.75) is 105 Å². The second kappa shape index (κ2) is 7.34.